The van der Waals surface area contributed by atoms with Crippen LogP contribution in [0, 0.1) is 0 Å². The minimum atomic E-state index is -0.785. The molecule has 0 unspecified atom stereocenters. The second-order valence-electron chi connectivity index (χ2n) is 2.77. The SMILES string of the molecule is O=C(O)C1=Cc2ccsc2CC1. The van der Waals surface area contributed by atoms with Crippen LogP contribution in [0.4, 0.5) is 0 Å². The van der Waals surface area contributed by atoms with Gasteiger partial charge in [-0.1, -0.05) is 0 Å². The highest BCUT2D eigenvalue weighted by atomic mass is 32.1. The molecule has 12 heavy (non-hydrogen) atoms. The van der Waals surface area contributed by atoms with Gasteiger partial charge in [-0.3, -0.25) is 0 Å². The minimum Gasteiger partial charge on any atom is -0.478 e. The normalized spacial score (nSPS) is 15.2. The van der Waals surface area contributed by atoms with Gasteiger partial charge in [0.15, 0.2) is 0 Å². The highest BCUT2D eigenvalue weighted by Crippen LogP contribution is 2.27. The van der Waals surface area contributed by atoms with Crippen molar-refractivity contribution in [1.29, 1.82) is 0 Å². The number of hydrogen-bond acceptors (Lipinski definition) is 2. The average Bonchev–Trinajstić information content (AvgIpc) is 2.49. The fraction of sp³-hybridized carbons (Fsp3) is 0.222. The zero-order chi connectivity index (χ0) is 8.55. The van der Waals surface area contributed by atoms with Gasteiger partial charge in [0.2, 0.25) is 0 Å². The van der Waals surface area contributed by atoms with Gasteiger partial charge in [-0.25, -0.2) is 4.79 Å². The van der Waals surface area contributed by atoms with Crippen molar-refractivity contribution in [3.05, 3.63) is 27.5 Å². The van der Waals surface area contributed by atoms with Crippen molar-refractivity contribution in [2.24, 2.45) is 0 Å². The molecule has 0 bridgehead atoms. The maximum atomic E-state index is 10.6. The summed E-state index contributed by atoms with van der Waals surface area (Å²) in [6, 6.07) is 1.97. The summed E-state index contributed by atoms with van der Waals surface area (Å²) >= 11 is 1.70. The van der Waals surface area contributed by atoms with Gasteiger partial charge >= 0.3 is 5.97 Å². The molecule has 0 spiro atoms. The number of carbonyl (C=O) groups is 1. The third-order valence-electron chi connectivity index (χ3n) is 2.01. The van der Waals surface area contributed by atoms with Crippen LogP contribution in [-0.2, 0) is 11.2 Å². The van der Waals surface area contributed by atoms with Crippen LogP contribution < -0.4 is 0 Å². The molecule has 0 saturated carbocycles. The minimum absolute atomic E-state index is 0.529. The summed E-state index contributed by atoms with van der Waals surface area (Å²) in [7, 11) is 0. The molecular formula is C9H8O2S. The van der Waals surface area contributed by atoms with Crippen molar-refractivity contribution < 1.29 is 9.90 Å². The molecule has 0 amide bonds. The van der Waals surface area contributed by atoms with E-state index in [2.05, 4.69) is 0 Å². The summed E-state index contributed by atoms with van der Waals surface area (Å²) in [5.41, 5.74) is 1.62. The number of thiophene rings is 1. The van der Waals surface area contributed by atoms with E-state index in [0.717, 1.165) is 12.0 Å². The first-order valence-electron chi connectivity index (χ1n) is 3.77. The molecule has 1 N–H and O–H groups in total. The second kappa shape index (κ2) is 2.75. The maximum Gasteiger partial charge on any atom is 0.331 e. The van der Waals surface area contributed by atoms with E-state index in [4.69, 9.17) is 5.11 Å². The molecule has 0 radical (unpaired) electrons. The molecule has 0 aliphatic heterocycles. The van der Waals surface area contributed by atoms with Gasteiger partial charge < -0.3 is 5.11 Å². The molecule has 1 aromatic rings. The summed E-state index contributed by atoms with van der Waals surface area (Å²) in [6.45, 7) is 0. The predicted octanol–water partition coefficient (Wildman–Crippen LogP) is 2.16. The van der Waals surface area contributed by atoms with Crippen molar-refractivity contribution in [3.8, 4) is 0 Å². The Bertz CT molecular complexity index is 349. The zero-order valence-corrected chi connectivity index (χ0v) is 7.23. The van der Waals surface area contributed by atoms with Crippen LogP contribution in [0.2, 0.25) is 0 Å². The van der Waals surface area contributed by atoms with Gasteiger partial charge in [0.1, 0.15) is 0 Å². The van der Waals surface area contributed by atoms with E-state index in [0.29, 0.717) is 12.0 Å². The number of aliphatic carboxylic acids is 1. The molecule has 1 aromatic heterocycles. The first kappa shape index (κ1) is 7.55. The Morgan fingerprint density at radius 1 is 1.50 bits per heavy atom. The third kappa shape index (κ3) is 1.16. The first-order valence-corrected chi connectivity index (χ1v) is 4.65. The Morgan fingerprint density at radius 3 is 3.08 bits per heavy atom. The Morgan fingerprint density at radius 2 is 2.33 bits per heavy atom. The molecule has 0 atom stereocenters. The van der Waals surface area contributed by atoms with E-state index in [1.807, 2.05) is 11.4 Å². The fourth-order valence-electron chi connectivity index (χ4n) is 1.36. The van der Waals surface area contributed by atoms with E-state index in [9.17, 15) is 4.79 Å². The van der Waals surface area contributed by atoms with Gasteiger partial charge in [0.25, 0.3) is 0 Å². The Kier molecular flexibility index (Phi) is 1.73. The topological polar surface area (TPSA) is 37.3 Å². The highest BCUT2D eigenvalue weighted by Gasteiger charge is 2.15. The summed E-state index contributed by atoms with van der Waals surface area (Å²) < 4.78 is 0. The molecule has 0 saturated heterocycles. The molecule has 1 aliphatic rings. The number of rotatable bonds is 1. The molecule has 3 heteroatoms. The molecule has 0 aromatic carbocycles. The van der Waals surface area contributed by atoms with Gasteiger partial charge in [0, 0.05) is 10.5 Å². The van der Waals surface area contributed by atoms with Gasteiger partial charge in [-0.15, -0.1) is 11.3 Å². The van der Waals surface area contributed by atoms with Crippen LogP contribution in [-0.4, -0.2) is 11.1 Å². The van der Waals surface area contributed by atoms with Crippen molar-refractivity contribution in [2.45, 2.75) is 12.8 Å². The summed E-state index contributed by atoms with van der Waals surface area (Å²) in [5, 5.41) is 10.7. The van der Waals surface area contributed by atoms with Crippen molar-refractivity contribution in [2.75, 3.05) is 0 Å². The van der Waals surface area contributed by atoms with Crippen LogP contribution in [0.3, 0.4) is 0 Å². The van der Waals surface area contributed by atoms with Crippen LogP contribution in [0.15, 0.2) is 17.0 Å². The van der Waals surface area contributed by atoms with E-state index >= 15 is 0 Å². The van der Waals surface area contributed by atoms with E-state index in [1.54, 1.807) is 17.4 Å². The Labute approximate surface area is 74.2 Å². The highest BCUT2D eigenvalue weighted by molar-refractivity contribution is 7.10. The van der Waals surface area contributed by atoms with Crippen LogP contribution >= 0.6 is 11.3 Å². The molecule has 0 fully saturated rings. The lowest BCUT2D eigenvalue weighted by Gasteiger charge is -2.08. The third-order valence-corrected chi connectivity index (χ3v) is 3.00. The van der Waals surface area contributed by atoms with Gasteiger partial charge in [-0.2, -0.15) is 0 Å². The molecular weight excluding hydrogens is 172 g/mol. The first-order chi connectivity index (χ1) is 5.77. The van der Waals surface area contributed by atoms with E-state index in [-0.39, 0.29) is 0 Å². The lowest BCUT2D eigenvalue weighted by Crippen LogP contribution is -2.05. The second-order valence-corrected chi connectivity index (χ2v) is 3.77. The van der Waals surface area contributed by atoms with Crippen LogP contribution in [0.25, 0.3) is 6.08 Å². The number of carboxylic acids is 1. The monoisotopic (exact) mass is 180 g/mol. The molecule has 2 nitrogen and oxygen atoms in total. The summed E-state index contributed by atoms with van der Waals surface area (Å²) in [5.74, 6) is -0.785. The van der Waals surface area contributed by atoms with Crippen LogP contribution in [0.1, 0.15) is 16.9 Å². The number of hydrogen-bond donors (Lipinski definition) is 1. The molecule has 2 rings (SSSR count). The quantitative estimate of drug-likeness (QED) is 0.719. The van der Waals surface area contributed by atoms with Crippen molar-refractivity contribution in [3.63, 3.8) is 0 Å². The molecule has 1 aliphatic carbocycles. The van der Waals surface area contributed by atoms with E-state index < -0.39 is 5.97 Å². The largest absolute Gasteiger partial charge is 0.478 e. The lowest BCUT2D eigenvalue weighted by molar-refractivity contribution is -0.132. The summed E-state index contributed by atoms with van der Waals surface area (Å²) in [4.78, 5) is 11.9. The molecule has 1 heterocycles. The van der Waals surface area contributed by atoms with Gasteiger partial charge in [-0.05, 0) is 35.9 Å². The lowest BCUT2D eigenvalue weighted by atomic mass is 9.99. The zero-order valence-electron chi connectivity index (χ0n) is 6.41. The molecule has 62 valence electrons. The Balaban J connectivity index is 2.41. The summed E-state index contributed by atoms with van der Waals surface area (Å²) in [6.07, 6.45) is 3.33. The maximum absolute atomic E-state index is 10.6. The predicted molar refractivity (Wildman–Crippen MR) is 48.3 cm³/mol. The van der Waals surface area contributed by atoms with Crippen molar-refractivity contribution in [1.82, 2.24) is 0 Å². The van der Waals surface area contributed by atoms with E-state index in [1.165, 1.54) is 4.88 Å². The average molecular weight is 180 g/mol. The van der Waals surface area contributed by atoms with Crippen molar-refractivity contribution >= 4 is 23.4 Å². The standard InChI is InChI=1S/C9H8O2S/c10-9(11)7-1-2-8-6(5-7)3-4-12-8/h3-5H,1-2H2,(H,10,11). The fourth-order valence-corrected chi connectivity index (χ4v) is 2.22. The van der Waals surface area contributed by atoms with Gasteiger partial charge in [0.05, 0.1) is 0 Å². The van der Waals surface area contributed by atoms with Crippen LogP contribution in [0.5, 0.6) is 0 Å². The number of aryl methyl sites for hydroxylation is 1. The number of carboxylic acid groups (broad SMARTS) is 1. The smallest absolute Gasteiger partial charge is 0.331 e. The Hall–Kier alpha value is -1.09. The number of fused-ring (bicyclic) bond motifs is 1.